The van der Waals surface area contributed by atoms with Crippen LogP contribution in [0.5, 0.6) is 0 Å². The smallest absolute Gasteiger partial charge is 0.147 e. The highest BCUT2D eigenvalue weighted by molar-refractivity contribution is 9.10. The Morgan fingerprint density at radius 3 is 2.38 bits per heavy atom. The van der Waals surface area contributed by atoms with Gasteiger partial charge in [-0.15, -0.1) is 21.8 Å². The summed E-state index contributed by atoms with van der Waals surface area (Å²) in [6.07, 6.45) is 0.771. The van der Waals surface area contributed by atoms with Gasteiger partial charge in [0.1, 0.15) is 11.6 Å². The Morgan fingerprint density at radius 2 is 1.81 bits per heavy atom. The van der Waals surface area contributed by atoms with Gasteiger partial charge >= 0.3 is 0 Å². The van der Waals surface area contributed by atoms with Crippen LogP contribution in [0.4, 0.5) is 0 Å². The van der Waals surface area contributed by atoms with Gasteiger partial charge in [0.15, 0.2) is 0 Å². The topological polar surface area (TPSA) is 30.7 Å². The first kappa shape index (κ1) is 11.6. The molecule has 0 spiro atoms. The predicted molar refractivity (Wildman–Crippen MR) is 67.5 cm³/mol. The van der Waals surface area contributed by atoms with Crippen LogP contribution in [0, 0.1) is 0 Å². The molecule has 0 N–H and O–H groups in total. The van der Waals surface area contributed by atoms with Gasteiger partial charge in [-0.05, 0) is 17.7 Å². The van der Waals surface area contributed by atoms with Crippen molar-refractivity contribution < 1.29 is 0 Å². The third kappa shape index (κ3) is 2.44. The lowest BCUT2D eigenvalue weighted by Crippen LogP contribution is -2.01. The number of rotatable bonds is 3. The molecule has 84 valence electrons. The average Bonchev–Trinajstić information content (AvgIpc) is 2.63. The minimum absolute atomic E-state index is 0.393. The quantitative estimate of drug-likeness (QED) is 0.816. The van der Waals surface area contributed by atoms with Crippen molar-refractivity contribution in [2.45, 2.75) is 12.3 Å². The van der Waals surface area contributed by atoms with Crippen LogP contribution in [-0.2, 0) is 19.3 Å². The SMILES string of the molecule is Cn1c(CCl)nnc1Cc1ccc(Br)cc1. The molecule has 16 heavy (non-hydrogen) atoms. The van der Waals surface area contributed by atoms with Crippen LogP contribution in [0.2, 0.25) is 0 Å². The second kappa shape index (κ2) is 4.97. The zero-order valence-electron chi connectivity index (χ0n) is 8.82. The number of aromatic nitrogens is 3. The molecule has 1 aromatic carbocycles. The Kier molecular flexibility index (Phi) is 3.61. The fourth-order valence-corrected chi connectivity index (χ4v) is 1.95. The van der Waals surface area contributed by atoms with Crippen molar-refractivity contribution in [1.29, 1.82) is 0 Å². The van der Waals surface area contributed by atoms with Crippen LogP contribution in [0.15, 0.2) is 28.7 Å². The summed E-state index contributed by atoms with van der Waals surface area (Å²) in [5.41, 5.74) is 1.21. The van der Waals surface area contributed by atoms with E-state index in [0.717, 1.165) is 22.5 Å². The normalized spacial score (nSPS) is 10.7. The summed E-state index contributed by atoms with van der Waals surface area (Å²) < 4.78 is 3.02. The van der Waals surface area contributed by atoms with Crippen LogP contribution < -0.4 is 0 Å². The fourth-order valence-electron chi connectivity index (χ4n) is 1.45. The van der Waals surface area contributed by atoms with E-state index in [1.54, 1.807) is 0 Å². The molecule has 0 bridgehead atoms. The molecule has 0 unspecified atom stereocenters. The highest BCUT2D eigenvalue weighted by Crippen LogP contribution is 2.13. The second-order valence-electron chi connectivity index (χ2n) is 3.53. The van der Waals surface area contributed by atoms with Crippen LogP contribution >= 0.6 is 27.5 Å². The maximum atomic E-state index is 5.74. The van der Waals surface area contributed by atoms with Crippen LogP contribution in [0.1, 0.15) is 17.2 Å². The lowest BCUT2D eigenvalue weighted by Gasteiger charge is -2.02. The average molecular weight is 301 g/mol. The van der Waals surface area contributed by atoms with Gasteiger partial charge in [0, 0.05) is 17.9 Å². The van der Waals surface area contributed by atoms with Crippen LogP contribution in [0.3, 0.4) is 0 Å². The number of benzene rings is 1. The summed E-state index contributed by atoms with van der Waals surface area (Å²) in [7, 11) is 1.94. The number of hydrogen-bond acceptors (Lipinski definition) is 2. The Balaban J connectivity index is 2.20. The van der Waals surface area contributed by atoms with Crippen molar-refractivity contribution in [3.05, 3.63) is 46.0 Å². The highest BCUT2D eigenvalue weighted by atomic mass is 79.9. The maximum Gasteiger partial charge on any atom is 0.147 e. The van der Waals surface area contributed by atoms with Gasteiger partial charge in [-0.25, -0.2) is 0 Å². The van der Waals surface area contributed by atoms with Crippen LogP contribution in [-0.4, -0.2) is 14.8 Å². The summed E-state index contributed by atoms with van der Waals surface area (Å²) in [6, 6.07) is 8.18. The minimum atomic E-state index is 0.393. The van der Waals surface area contributed by atoms with Gasteiger partial charge < -0.3 is 4.57 Å². The van der Waals surface area contributed by atoms with E-state index in [-0.39, 0.29) is 0 Å². The van der Waals surface area contributed by atoms with Crippen molar-refractivity contribution in [2.75, 3.05) is 0 Å². The number of alkyl halides is 1. The van der Waals surface area contributed by atoms with Gasteiger partial charge in [-0.1, -0.05) is 28.1 Å². The number of hydrogen-bond donors (Lipinski definition) is 0. The molecule has 2 aromatic rings. The first-order valence-electron chi connectivity index (χ1n) is 4.88. The molecule has 0 aliphatic carbocycles. The summed E-state index contributed by atoms with van der Waals surface area (Å²) >= 11 is 9.15. The summed E-state index contributed by atoms with van der Waals surface area (Å²) in [4.78, 5) is 0. The van der Waals surface area contributed by atoms with E-state index in [0.29, 0.717) is 5.88 Å². The van der Waals surface area contributed by atoms with Gasteiger partial charge in [-0.2, -0.15) is 0 Å². The van der Waals surface area contributed by atoms with Crippen molar-refractivity contribution in [1.82, 2.24) is 14.8 Å². The zero-order chi connectivity index (χ0) is 11.5. The van der Waals surface area contributed by atoms with Crippen molar-refractivity contribution >= 4 is 27.5 Å². The molecule has 0 saturated carbocycles. The largest absolute Gasteiger partial charge is 0.317 e. The lowest BCUT2D eigenvalue weighted by atomic mass is 10.1. The second-order valence-corrected chi connectivity index (χ2v) is 4.71. The summed E-state index contributed by atoms with van der Waals surface area (Å²) in [5, 5.41) is 8.14. The minimum Gasteiger partial charge on any atom is -0.317 e. The van der Waals surface area contributed by atoms with Gasteiger partial charge in [0.05, 0.1) is 5.88 Å². The van der Waals surface area contributed by atoms with E-state index in [1.165, 1.54) is 5.56 Å². The van der Waals surface area contributed by atoms with E-state index < -0.39 is 0 Å². The first-order chi connectivity index (χ1) is 7.70. The third-order valence-corrected chi connectivity index (χ3v) is 3.22. The van der Waals surface area contributed by atoms with Crippen molar-refractivity contribution in [3.63, 3.8) is 0 Å². The molecule has 0 fully saturated rings. The first-order valence-corrected chi connectivity index (χ1v) is 6.21. The van der Waals surface area contributed by atoms with E-state index >= 15 is 0 Å². The Morgan fingerprint density at radius 1 is 1.19 bits per heavy atom. The molecular weight excluding hydrogens is 289 g/mol. The predicted octanol–water partition coefficient (Wildman–Crippen LogP) is 2.91. The fraction of sp³-hybridized carbons (Fsp3) is 0.273. The Hall–Kier alpha value is -0.870. The number of nitrogens with zero attached hydrogens (tertiary/aromatic N) is 3. The molecule has 3 nitrogen and oxygen atoms in total. The van der Waals surface area contributed by atoms with Crippen LogP contribution in [0.25, 0.3) is 0 Å². The lowest BCUT2D eigenvalue weighted by molar-refractivity contribution is 0.790. The number of halogens is 2. The molecule has 0 radical (unpaired) electrons. The maximum absolute atomic E-state index is 5.74. The molecule has 5 heteroatoms. The van der Waals surface area contributed by atoms with Gasteiger partial charge in [0.25, 0.3) is 0 Å². The van der Waals surface area contributed by atoms with Crippen molar-refractivity contribution in [2.24, 2.45) is 7.05 Å². The molecule has 0 saturated heterocycles. The molecule has 0 atom stereocenters. The monoisotopic (exact) mass is 299 g/mol. The third-order valence-electron chi connectivity index (χ3n) is 2.45. The molecular formula is C11H11BrClN3. The molecule has 0 amide bonds. The molecule has 2 rings (SSSR count). The standard InChI is InChI=1S/C11H11BrClN3/c1-16-10(14-15-11(16)7-13)6-8-2-4-9(12)5-3-8/h2-5H,6-7H2,1H3. The van der Waals surface area contributed by atoms with E-state index in [2.05, 4.69) is 38.3 Å². The van der Waals surface area contributed by atoms with Gasteiger partial charge in [0.2, 0.25) is 0 Å². The van der Waals surface area contributed by atoms with Gasteiger partial charge in [-0.3, -0.25) is 0 Å². The summed E-state index contributed by atoms with van der Waals surface area (Å²) in [6.45, 7) is 0. The molecule has 1 aromatic heterocycles. The Labute approximate surface area is 108 Å². The van der Waals surface area contributed by atoms with E-state index in [9.17, 15) is 0 Å². The molecule has 1 heterocycles. The molecule has 0 aliphatic rings. The zero-order valence-corrected chi connectivity index (χ0v) is 11.2. The highest BCUT2D eigenvalue weighted by Gasteiger charge is 2.07. The Bertz CT molecular complexity index is 478. The summed E-state index contributed by atoms with van der Waals surface area (Å²) in [5.74, 6) is 2.12. The van der Waals surface area contributed by atoms with E-state index in [4.69, 9.17) is 11.6 Å². The van der Waals surface area contributed by atoms with E-state index in [1.807, 2.05) is 23.7 Å². The van der Waals surface area contributed by atoms with Crippen molar-refractivity contribution in [3.8, 4) is 0 Å². The molecule has 0 aliphatic heterocycles.